The summed E-state index contributed by atoms with van der Waals surface area (Å²) >= 11 is 0. The summed E-state index contributed by atoms with van der Waals surface area (Å²) in [5, 5.41) is 0. The highest BCUT2D eigenvalue weighted by Gasteiger charge is 2.38. The SMILES string of the molecule is Cc1ccccc1N1c2cccnc2N(C)[C@@H]1C.Cc1ccccc1N1c2cccnc2N(c2ccccc2)[C@@H]1C.Cc1ccccc1N1c2ccncc2N(C)[C@@H]1C.Cc1ccccc1N1c2ccncc2N(c2ccccc2)[C@@H]1C. The second kappa shape index (κ2) is 23.6. The van der Waals surface area contributed by atoms with Crippen molar-refractivity contribution in [1.29, 1.82) is 0 Å². The Morgan fingerprint density at radius 2 is 0.610 bits per heavy atom. The molecule has 0 fully saturated rings. The third-order valence-electron chi connectivity index (χ3n) is 16.3. The van der Waals surface area contributed by atoms with Gasteiger partial charge >= 0.3 is 0 Å². The standard InChI is InChI=1S/2C20H19N3.2C15H17N3/c1-15-9-6-7-12-18(15)23-16(2)22(17-10-4-3-5-11-17)20-19(23)13-8-14-21-20;1-15-8-6-7-11-18(15)23-16(2)22(17-9-4-3-5-10-17)20-14-21-13-12-19(20)23;1-11-7-4-5-8-13(11)18-12(2)17(3)15-14(18)9-6-10-16-15;1-11-6-4-5-7-13(11)18-12(2)17(3)15-10-16-9-8-14(15)18/h2*3-14,16H,1-2H3;2*4-10,12H,1-3H3/t2*16-;2*12-/m0000/s1. The fourth-order valence-electron chi connectivity index (χ4n) is 11.9. The largest absolute Gasteiger partial charge is 0.351 e. The molecule has 4 atom stereocenters. The topological polar surface area (TPSA) is 77.5 Å². The number of fused-ring (bicyclic) bond motifs is 4. The lowest BCUT2D eigenvalue weighted by Crippen LogP contribution is -2.36. The first-order valence-electron chi connectivity index (χ1n) is 28.3. The van der Waals surface area contributed by atoms with Gasteiger partial charge in [0.15, 0.2) is 11.6 Å². The van der Waals surface area contributed by atoms with Crippen LogP contribution in [0.3, 0.4) is 0 Å². The first-order valence-corrected chi connectivity index (χ1v) is 28.3. The molecule has 8 heterocycles. The number of pyridine rings is 4. The molecule has 14 rings (SSSR count). The molecule has 10 aromatic rings. The quantitative estimate of drug-likeness (QED) is 0.159. The molecule has 82 heavy (non-hydrogen) atoms. The van der Waals surface area contributed by atoms with Gasteiger partial charge < -0.3 is 39.2 Å². The number of hydrogen-bond acceptors (Lipinski definition) is 12. The Morgan fingerprint density at radius 1 is 0.268 bits per heavy atom. The molecule has 12 nitrogen and oxygen atoms in total. The minimum absolute atomic E-state index is 0.170. The molecule has 0 unspecified atom stereocenters. The van der Waals surface area contributed by atoms with Gasteiger partial charge in [-0.15, -0.1) is 0 Å². The number of para-hydroxylation sites is 6. The molecule has 6 aromatic carbocycles. The lowest BCUT2D eigenvalue weighted by Gasteiger charge is -2.31. The number of aromatic nitrogens is 4. The van der Waals surface area contributed by atoms with Crippen molar-refractivity contribution >= 4 is 79.9 Å². The van der Waals surface area contributed by atoms with Crippen molar-refractivity contribution < 1.29 is 0 Å². The highest BCUT2D eigenvalue weighted by Crippen LogP contribution is 2.50. The van der Waals surface area contributed by atoms with E-state index in [4.69, 9.17) is 0 Å². The Balaban J connectivity index is 0.000000115. The highest BCUT2D eigenvalue weighted by atomic mass is 15.5. The second-order valence-corrected chi connectivity index (χ2v) is 21.2. The Kier molecular flexibility index (Phi) is 15.6. The van der Waals surface area contributed by atoms with Gasteiger partial charge in [0, 0.05) is 73.0 Å². The molecule has 12 heteroatoms. The van der Waals surface area contributed by atoms with Crippen molar-refractivity contribution in [3.05, 3.63) is 254 Å². The van der Waals surface area contributed by atoms with Gasteiger partial charge in [-0.2, -0.15) is 0 Å². The molecule has 4 aliphatic rings. The molecular formula is C70H72N12. The van der Waals surface area contributed by atoms with E-state index in [0.29, 0.717) is 6.17 Å². The van der Waals surface area contributed by atoms with E-state index in [2.05, 4.69) is 298 Å². The van der Waals surface area contributed by atoms with Crippen molar-refractivity contribution in [2.24, 2.45) is 0 Å². The summed E-state index contributed by atoms with van der Waals surface area (Å²) in [7, 11) is 4.21. The maximum absolute atomic E-state index is 4.66. The maximum Gasteiger partial charge on any atom is 0.158 e. The summed E-state index contributed by atoms with van der Waals surface area (Å²) in [6.07, 6.45) is 12.3. The predicted molar refractivity (Wildman–Crippen MR) is 342 cm³/mol. The van der Waals surface area contributed by atoms with Crippen LogP contribution in [0, 0.1) is 27.7 Å². The van der Waals surface area contributed by atoms with E-state index >= 15 is 0 Å². The summed E-state index contributed by atoms with van der Waals surface area (Å²) in [5.41, 5.74) is 19.6. The number of anilines is 14. The zero-order valence-electron chi connectivity index (χ0n) is 48.6. The van der Waals surface area contributed by atoms with Gasteiger partial charge in [-0.3, -0.25) is 9.97 Å². The van der Waals surface area contributed by atoms with E-state index in [0.717, 1.165) is 28.7 Å². The van der Waals surface area contributed by atoms with Crippen LogP contribution in [0.4, 0.5) is 79.9 Å². The van der Waals surface area contributed by atoms with Gasteiger partial charge in [0.25, 0.3) is 0 Å². The van der Waals surface area contributed by atoms with Crippen LogP contribution >= 0.6 is 0 Å². The van der Waals surface area contributed by atoms with Crippen LogP contribution in [-0.4, -0.2) is 58.7 Å². The molecule has 412 valence electrons. The molecule has 0 aliphatic carbocycles. The van der Waals surface area contributed by atoms with Crippen molar-refractivity contribution in [1.82, 2.24) is 19.9 Å². The maximum atomic E-state index is 4.66. The lowest BCUT2D eigenvalue weighted by atomic mass is 10.1. The van der Waals surface area contributed by atoms with E-state index in [-0.39, 0.29) is 18.5 Å². The minimum Gasteiger partial charge on any atom is -0.351 e. The van der Waals surface area contributed by atoms with Gasteiger partial charge in [-0.1, -0.05) is 109 Å². The molecule has 0 saturated heterocycles. The summed E-state index contributed by atoms with van der Waals surface area (Å²) < 4.78 is 0. The number of nitrogens with zero attached hydrogens (tertiary/aromatic N) is 12. The smallest absolute Gasteiger partial charge is 0.158 e. The molecule has 0 amide bonds. The van der Waals surface area contributed by atoms with Gasteiger partial charge in [-0.05, 0) is 163 Å². The summed E-state index contributed by atoms with van der Waals surface area (Å²) in [6.45, 7) is 17.5. The van der Waals surface area contributed by atoms with Crippen LogP contribution < -0.4 is 39.2 Å². The van der Waals surface area contributed by atoms with Crippen LogP contribution in [0.2, 0.25) is 0 Å². The van der Waals surface area contributed by atoms with Crippen LogP contribution in [0.5, 0.6) is 0 Å². The average Bonchev–Trinajstić information content (AvgIpc) is 3.55. The highest BCUT2D eigenvalue weighted by molar-refractivity contribution is 5.89. The molecule has 0 radical (unpaired) electrons. The van der Waals surface area contributed by atoms with E-state index in [1.807, 2.05) is 61.4 Å². The Bertz CT molecular complexity index is 3550. The average molecular weight is 1080 g/mol. The molecule has 0 spiro atoms. The summed E-state index contributed by atoms with van der Waals surface area (Å²) in [6, 6.07) is 67.4. The fourth-order valence-corrected chi connectivity index (χ4v) is 11.9. The van der Waals surface area contributed by atoms with E-state index in [1.54, 1.807) is 0 Å². The van der Waals surface area contributed by atoms with Gasteiger partial charge in [0.05, 0.1) is 46.5 Å². The molecule has 0 saturated carbocycles. The Morgan fingerprint density at radius 3 is 1.10 bits per heavy atom. The Hall–Kier alpha value is -9.68. The monoisotopic (exact) mass is 1080 g/mol. The van der Waals surface area contributed by atoms with Crippen LogP contribution in [0.25, 0.3) is 0 Å². The molecule has 0 bridgehead atoms. The van der Waals surface area contributed by atoms with Gasteiger partial charge in [0.1, 0.15) is 24.7 Å². The molecule has 4 aromatic heterocycles. The van der Waals surface area contributed by atoms with Crippen molar-refractivity contribution in [2.75, 3.05) is 53.3 Å². The summed E-state index contributed by atoms with van der Waals surface area (Å²) in [5.74, 6) is 2.06. The van der Waals surface area contributed by atoms with Crippen LogP contribution in [0.15, 0.2) is 231 Å². The van der Waals surface area contributed by atoms with Gasteiger partial charge in [0.2, 0.25) is 0 Å². The third-order valence-corrected chi connectivity index (χ3v) is 16.3. The van der Waals surface area contributed by atoms with Crippen molar-refractivity contribution in [3.63, 3.8) is 0 Å². The van der Waals surface area contributed by atoms with E-state index in [9.17, 15) is 0 Å². The first kappa shape index (κ1) is 54.3. The van der Waals surface area contributed by atoms with E-state index in [1.165, 1.54) is 73.4 Å². The molecule has 0 N–H and O–H groups in total. The van der Waals surface area contributed by atoms with Gasteiger partial charge in [-0.25, -0.2) is 9.97 Å². The summed E-state index contributed by atoms with van der Waals surface area (Å²) in [4.78, 5) is 36.3. The predicted octanol–water partition coefficient (Wildman–Crippen LogP) is 16.7. The number of rotatable bonds is 6. The number of hydrogen-bond donors (Lipinski definition) is 0. The minimum atomic E-state index is 0.170. The van der Waals surface area contributed by atoms with Crippen LogP contribution in [-0.2, 0) is 0 Å². The fraction of sp³-hybridized carbons (Fsp3) is 0.200. The first-order chi connectivity index (χ1) is 39.9. The van der Waals surface area contributed by atoms with Crippen molar-refractivity contribution in [2.45, 2.75) is 80.1 Å². The second-order valence-electron chi connectivity index (χ2n) is 21.2. The normalized spacial score (nSPS) is 17.2. The number of benzene rings is 6. The zero-order valence-corrected chi connectivity index (χ0v) is 48.6. The number of aryl methyl sites for hydroxylation is 4. The zero-order chi connectivity index (χ0) is 57.0. The van der Waals surface area contributed by atoms with Crippen LogP contribution in [0.1, 0.15) is 49.9 Å². The third kappa shape index (κ3) is 10.2. The van der Waals surface area contributed by atoms with E-state index < -0.39 is 0 Å². The molecular weight excluding hydrogens is 1010 g/mol. The van der Waals surface area contributed by atoms with Crippen molar-refractivity contribution in [3.8, 4) is 0 Å². The lowest BCUT2D eigenvalue weighted by molar-refractivity contribution is 0.728. The molecule has 4 aliphatic heterocycles. The Labute approximate surface area is 484 Å².